The molecular formula is C18H26ClN3O2. The van der Waals surface area contributed by atoms with Crippen molar-refractivity contribution in [2.45, 2.75) is 39.2 Å². The molecule has 3 N–H and O–H groups in total. The normalized spacial score (nSPS) is 22.5. The highest BCUT2D eigenvalue weighted by atomic mass is 35.5. The van der Waals surface area contributed by atoms with Crippen molar-refractivity contribution in [2.75, 3.05) is 18.4 Å². The van der Waals surface area contributed by atoms with Crippen LogP contribution in [0.25, 0.3) is 0 Å². The molecule has 2 aliphatic rings. The van der Waals surface area contributed by atoms with Gasteiger partial charge in [0.1, 0.15) is 0 Å². The molecule has 1 saturated heterocycles. The van der Waals surface area contributed by atoms with Crippen molar-refractivity contribution < 1.29 is 9.59 Å². The molecule has 0 radical (unpaired) electrons. The van der Waals surface area contributed by atoms with Gasteiger partial charge in [0.05, 0.1) is 0 Å². The Balaban J connectivity index is 0.00000208. The van der Waals surface area contributed by atoms with Crippen molar-refractivity contribution >= 4 is 29.9 Å². The van der Waals surface area contributed by atoms with Crippen LogP contribution >= 0.6 is 12.4 Å². The van der Waals surface area contributed by atoms with Gasteiger partial charge in [-0.1, -0.05) is 13.8 Å². The van der Waals surface area contributed by atoms with Crippen LogP contribution in [0.5, 0.6) is 0 Å². The molecular weight excluding hydrogens is 326 g/mol. The lowest BCUT2D eigenvalue weighted by Gasteiger charge is -2.42. The maximum atomic E-state index is 12.6. The number of carbonyl (C=O) groups excluding carboxylic acids is 2. The molecule has 0 bridgehead atoms. The van der Waals surface area contributed by atoms with Gasteiger partial charge in [-0.05, 0) is 48.9 Å². The van der Waals surface area contributed by atoms with E-state index in [1.807, 2.05) is 4.90 Å². The highest BCUT2D eigenvalue weighted by Crippen LogP contribution is 2.30. The van der Waals surface area contributed by atoms with E-state index in [0.717, 1.165) is 24.9 Å². The molecule has 1 heterocycles. The van der Waals surface area contributed by atoms with Crippen LogP contribution in [0.2, 0.25) is 0 Å². The summed E-state index contributed by atoms with van der Waals surface area (Å²) in [5, 5.41) is 2.89. The van der Waals surface area contributed by atoms with E-state index in [1.54, 1.807) is 24.3 Å². The molecule has 2 fully saturated rings. The second-order valence-electron chi connectivity index (χ2n) is 7.45. The summed E-state index contributed by atoms with van der Waals surface area (Å²) in [6.45, 7) is 5.58. The Morgan fingerprint density at radius 1 is 1.17 bits per heavy atom. The van der Waals surface area contributed by atoms with Gasteiger partial charge < -0.3 is 16.0 Å². The van der Waals surface area contributed by atoms with Gasteiger partial charge in [-0.3, -0.25) is 9.59 Å². The van der Waals surface area contributed by atoms with Crippen molar-refractivity contribution in [3.05, 3.63) is 29.8 Å². The minimum absolute atomic E-state index is 0. The summed E-state index contributed by atoms with van der Waals surface area (Å²) in [6, 6.07) is 7.30. The number of amides is 2. The van der Waals surface area contributed by atoms with E-state index in [4.69, 9.17) is 5.73 Å². The quantitative estimate of drug-likeness (QED) is 0.879. The van der Waals surface area contributed by atoms with Crippen LogP contribution in [0.15, 0.2) is 24.3 Å². The first-order valence-corrected chi connectivity index (χ1v) is 8.32. The van der Waals surface area contributed by atoms with Crippen LogP contribution in [-0.4, -0.2) is 35.8 Å². The minimum Gasteiger partial charge on any atom is -0.338 e. The van der Waals surface area contributed by atoms with Crippen molar-refractivity contribution in [2.24, 2.45) is 17.1 Å². The molecule has 6 heteroatoms. The van der Waals surface area contributed by atoms with E-state index in [2.05, 4.69) is 19.2 Å². The number of rotatable bonds is 3. The molecule has 1 aromatic rings. The Kier molecular flexibility index (Phi) is 5.56. The van der Waals surface area contributed by atoms with Crippen LogP contribution in [0, 0.1) is 11.3 Å². The highest BCUT2D eigenvalue weighted by Gasteiger charge is 2.35. The number of anilines is 1. The lowest BCUT2D eigenvalue weighted by Crippen LogP contribution is -2.53. The van der Waals surface area contributed by atoms with Gasteiger partial charge in [0.15, 0.2) is 0 Å². The van der Waals surface area contributed by atoms with Gasteiger partial charge in [0, 0.05) is 36.3 Å². The molecule has 2 amide bonds. The maximum absolute atomic E-state index is 12.6. The van der Waals surface area contributed by atoms with Gasteiger partial charge >= 0.3 is 0 Å². The van der Waals surface area contributed by atoms with Crippen LogP contribution in [0.1, 0.15) is 43.5 Å². The van der Waals surface area contributed by atoms with Gasteiger partial charge in [0.2, 0.25) is 5.91 Å². The highest BCUT2D eigenvalue weighted by molar-refractivity contribution is 5.96. The lowest BCUT2D eigenvalue weighted by atomic mass is 9.79. The van der Waals surface area contributed by atoms with Gasteiger partial charge in [-0.25, -0.2) is 0 Å². The topological polar surface area (TPSA) is 75.4 Å². The molecule has 1 aliphatic heterocycles. The summed E-state index contributed by atoms with van der Waals surface area (Å²) < 4.78 is 0. The van der Waals surface area contributed by atoms with E-state index >= 15 is 0 Å². The second kappa shape index (κ2) is 7.11. The Labute approximate surface area is 149 Å². The van der Waals surface area contributed by atoms with Crippen molar-refractivity contribution in [3.8, 4) is 0 Å². The number of benzene rings is 1. The maximum Gasteiger partial charge on any atom is 0.253 e. The van der Waals surface area contributed by atoms with E-state index in [-0.39, 0.29) is 41.6 Å². The Morgan fingerprint density at radius 2 is 1.79 bits per heavy atom. The number of piperidine rings is 1. The fourth-order valence-electron chi connectivity index (χ4n) is 3.02. The predicted octanol–water partition coefficient (Wildman–Crippen LogP) is 2.66. The van der Waals surface area contributed by atoms with Crippen molar-refractivity contribution in [3.63, 3.8) is 0 Å². The second-order valence-corrected chi connectivity index (χ2v) is 7.45. The number of nitrogens with zero attached hydrogens (tertiary/aromatic N) is 1. The number of likely N-dealkylation sites (tertiary alicyclic amines) is 1. The first-order valence-electron chi connectivity index (χ1n) is 8.32. The zero-order valence-corrected chi connectivity index (χ0v) is 15.1. The Morgan fingerprint density at radius 3 is 2.33 bits per heavy atom. The van der Waals surface area contributed by atoms with E-state index < -0.39 is 0 Å². The summed E-state index contributed by atoms with van der Waals surface area (Å²) in [5.74, 6) is 0.289. The number of nitrogens with one attached hydrogen (secondary N) is 1. The average Bonchev–Trinajstić information content (AvgIpc) is 3.35. The van der Waals surface area contributed by atoms with Crippen molar-refractivity contribution in [1.29, 1.82) is 0 Å². The van der Waals surface area contributed by atoms with Gasteiger partial charge in [-0.2, -0.15) is 0 Å². The molecule has 5 nitrogen and oxygen atoms in total. The fourth-order valence-corrected chi connectivity index (χ4v) is 3.02. The third kappa shape index (κ3) is 4.08. The van der Waals surface area contributed by atoms with Crippen LogP contribution < -0.4 is 11.1 Å². The molecule has 1 atom stereocenters. The zero-order valence-electron chi connectivity index (χ0n) is 14.2. The molecule has 132 valence electrons. The number of hydrogen-bond donors (Lipinski definition) is 2. The summed E-state index contributed by atoms with van der Waals surface area (Å²) in [6.07, 6.45) is 2.79. The minimum atomic E-state index is -0.0634. The average molecular weight is 352 g/mol. The third-order valence-corrected chi connectivity index (χ3v) is 4.95. The van der Waals surface area contributed by atoms with Gasteiger partial charge in [0.25, 0.3) is 5.91 Å². The number of halogens is 1. The standard InChI is InChI=1S/C18H25N3O2.ClH/c1-18(2)11-21(10-9-15(18)19)17(23)13-5-7-14(8-6-13)20-16(22)12-3-4-12;/h5-8,12,15H,3-4,9-11,19H2,1-2H3,(H,20,22);1H. The van der Waals surface area contributed by atoms with E-state index in [9.17, 15) is 9.59 Å². The smallest absolute Gasteiger partial charge is 0.253 e. The third-order valence-electron chi connectivity index (χ3n) is 4.95. The first-order chi connectivity index (χ1) is 10.9. The molecule has 1 saturated carbocycles. The van der Waals surface area contributed by atoms with Crippen LogP contribution in [0.4, 0.5) is 5.69 Å². The molecule has 24 heavy (non-hydrogen) atoms. The molecule has 1 unspecified atom stereocenters. The molecule has 0 aromatic heterocycles. The SMILES string of the molecule is CC1(C)CN(C(=O)c2ccc(NC(=O)C3CC3)cc2)CCC1N.Cl. The first kappa shape index (κ1) is 18.7. The number of nitrogens with two attached hydrogens (primary N) is 1. The Bertz CT molecular complexity index is 611. The molecule has 3 rings (SSSR count). The monoisotopic (exact) mass is 351 g/mol. The van der Waals surface area contributed by atoms with Crippen LogP contribution in [-0.2, 0) is 4.79 Å². The summed E-state index contributed by atoms with van der Waals surface area (Å²) in [4.78, 5) is 26.3. The van der Waals surface area contributed by atoms with E-state index in [0.29, 0.717) is 18.7 Å². The van der Waals surface area contributed by atoms with Gasteiger partial charge in [-0.15, -0.1) is 12.4 Å². The summed E-state index contributed by atoms with van der Waals surface area (Å²) in [5.41, 5.74) is 7.47. The number of hydrogen-bond acceptors (Lipinski definition) is 3. The molecule has 1 aromatic carbocycles. The molecule has 1 aliphatic carbocycles. The zero-order chi connectivity index (χ0) is 16.6. The number of carbonyl (C=O) groups is 2. The largest absolute Gasteiger partial charge is 0.338 e. The summed E-state index contributed by atoms with van der Waals surface area (Å²) in [7, 11) is 0. The summed E-state index contributed by atoms with van der Waals surface area (Å²) >= 11 is 0. The van der Waals surface area contributed by atoms with E-state index in [1.165, 1.54) is 0 Å². The Hall–Kier alpha value is -1.59. The fraction of sp³-hybridized carbons (Fsp3) is 0.556. The van der Waals surface area contributed by atoms with Crippen LogP contribution in [0.3, 0.4) is 0 Å². The van der Waals surface area contributed by atoms with Crippen molar-refractivity contribution in [1.82, 2.24) is 4.90 Å². The predicted molar refractivity (Wildman–Crippen MR) is 97.3 cm³/mol. The lowest BCUT2D eigenvalue weighted by molar-refractivity contribution is -0.117. The molecule has 0 spiro atoms.